The molecule has 0 bridgehead atoms. The molecule has 1 aromatic rings. The Morgan fingerprint density at radius 3 is 3.31 bits per heavy atom. The lowest BCUT2D eigenvalue weighted by molar-refractivity contribution is 0.0798. The van der Waals surface area contributed by atoms with Crippen molar-refractivity contribution in [2.75, 3.05) is 13.2 Å². The predicted molar refractivity (Wildman–Crippen MR) is 55.1 cm³/mol. The summed E-state index contributed by atoms with van der Waals surface area (Å²) in [6.45, 7) is 3.95. The Balaban J connectivity index is 2.00. The zero-order valence-corrected chi connectivity index (χ0v) is 8.64. The first-order valence-corrected chi connectivity index (χ1v) is 5.62. The second-order valence-corrected chi connectivity index (χ2v) is 4.43. The Morgan fingerprint density at radius 2 is 2.54 bits per heavy atom. The molecule has 1 aromatic heterocycles. The first-order valence-electron chi connectivity index (χ1n) is 4.74. The molecule has 1 fully saturated rings. The molecule has 0 spiro atoms. The summed E-state index contributed by atoms with van der Waals surface area (Å²) in [6, 6.07) is 4.81. The van der Waals surface area contributed by atoms with E-state index in [2.05, 4.69) is 29.8 Å². The molecular formula is C10H15NOS. The van der Waals surface area contributed by atoms with Crippen molar-refractivity contribution >= 4 is 11.3 Å². The van der Waals surface area contributed by atoms with Gasteiger partial charge in [0.25, 0.3) is 0 Å². The van der Waals surface area contributed by atoms with Gasteiger partial charge in [-0.25, -0.2) is 0 Å². The van der Waals surface area contributed by atoms with Crippen molar-refractivity contribution < 1.29 is 4.74 Å². The minimum atomic E-state index is 0.352. The number of ether oxygens (including phenoxy) is 1. The van der Waals surface area contributed by atoms with Gasteiger partial charge in [0.05, 0.1) is 6.10 Å². The Hall–Kier alpha value is -0.380. The minimum absolute atomic E-state index is 0.352. The van der Waals surface area contributed by atoms with Gasteiger partial charge < -0.3 is 10.1 Å². The zero-order valence-electron chi connectivity index (χ0n) is 7.82. The third-order valence-corrected chi connectivity index (χ3v) is 3.33. The Bertz CT molecular complexity index is 247. The molecule has 0 saturated carbocycles. The second kappa shape index (κ2) is 4.22. The van der Waals surface area contributed by atoms with Crippen LogP contribution in [0.15, 0.2) is 17.5 Å². The van der Waals surface area contributed by atoms with Gasteiger partial charge in [0.2, 0.25) is 0 Å². The normalized spacial score (nSPS) is 29.9. The molecule has 1 aliphatic heterocycles. The van der Waals surface area contributed by atoms with Crippen LogP contribution in [0.4, 0.5) is 0 Å². The van der Waals surface area contributed by atoms with E-state index in [0.717, 1.165) is 19.6 Å². The van der Waals surface area contributed by atoms with Crippen LogP contribution in [0.5, 0.6) is 0 Å². The molecule has 2 atom stereocenters. The van der Waals surface area contributed by atoms with E-state index < -0.39 is 0 Å². The van der Waals surface area contributed by atoms with Crippen LogP contribution in [0.25, 0.3) is 0 Å². The number of hydrogen-bond acceptors (Lipinski definition) is 3. The fourth-order valence-corrected chi connectivity index (χ4v) is 2.43. The fourth-order valence-electron chi connectivity index (χ4n) is 1.59. The van der Waals surface area contributed by atoms with E-state index in [1.54, 1.807) is 0 Å². The van der Waals surface area contributed by atoms with Crippen LogP contribution in [0.3, 0.4) is 0 Å². The summed E-state index contributed by atoms with van der Waals surface area (Å²) in [5, 5.41) is 5.65. The lowest BCUT2D eigenvalue weighted by atomic mass is 10.2. The van der Waals surface area contributed by atoms with Gasteiger partial charge in [-0.15, -0.1) is 11.3 Å². The quantitative estimate of drug-likeness (QED) is 0.745. The van der Waals surface area contributed by atoms with Gasteiger partial charge in [-0.2, -0.15) is 0 Å². The predicted octanol–water partition coefficient (Wildman–Crippen LogP) is 2.19. The molecule has 72 valence electrons. The molecule has 2 nitrogen and oxygen atoms in total. The van der Waals surface area contributed by atoms with Gasteiger partial charge in [0.15, 0.2) is 0 Å². The summed E-state index contributed by atoms with van der Waals surface area (Å²) in [5.74, 6) is 0. The molecule has 0 aromatic carbocycles. The highest BCUT2D eigenvalue weighted by atomic mass is 32.1. The molecule has 1 aliphatic rings. The maximum Gasteiger partial charge on any atom is 0.0671 e. The monoisotopic (exact) mass is 197 g/mol. The summed E-state index contributed by atoms with van der Waals surface area (Å²) >= 11 is 1.82. The van der Waals surface area contributed by atoms with E-state index in [1.807, 2.05) is 11.3 Å². The lowest BCUT2D eigenvalue weighted by Crippen LogP contribution is -2.25. The Kier molecular flexibility index (Phi) is 2.98. The molecule has 0 amide bonds. The SMILES string of the molecule is CC1CNC(c2cccs2)CCO1. The van der Waals surface area contributed by atoms with Crippen LogP contribution < -0.4 is 5.32 Å². The molecule has 2 heterocycles. The smallest absolute Gasteiger partial charge is 0.0671 e. The maximum absolute atomic E-state index is 5.57. The maximum atomic E-state index is 5.57. The molecule has 13 heavy (non-hydrogen) atoms. The van der Waals surface area contributed by atoms with E-state index >= 15 is 0 Å². The minimum Gasteiger partial charge on any atom is -0.377 e. The third-order valence-electron chi connectivity index (χ3n) is 2.35. The molecule has 0 radical (unpaired) electrons. The van der Waals surface area contributed by atoms with Gasteiger partial charge in [-0.3, -0.25) is 0 Å². The highest BCUT2D eigenvalue weighted by molar-refractivity contribution is 7.10. The first kappa shape index (κ1) is 9.19. The van der Waals surface area contributed by atoms with Crippen LogP contribution in [0.1, 0.15) is 24.3 Å². The molecule has 2 unspecified atom stereocenters. The summed E-state index contributed by atoms with van der Waals surface area (Å²) in [6.07, 6.45) is 1.44. The van der Waals surface area contributed by atoms with E-state index in [-0.39, 0.29) is 0 Å². The summed E-state index contributed by atoms with van der Waals surface area (Å²) in [4.78, 5) is 1.43. The topological polar surface area (TPSA) is 21.3 Å². The van der Waals surface area contributed by atoms with Crippen molar-refractivity contribution in [1.29, 1.82) is 0 Å². The molecular weight excluding hydrogens is 182 g/mol. The molecule has 1 saturated heterocycles. The number of nitrogens with one attached hydrogen (secondary N) is 1. The molecule has 3 heteroatoms. The Morgan fingerprint density at radius 1 is 1.62 bits per heavy atom. The molecule has 1 N–H and O–H groups in total. The summed E-state index contributed by atoms with van der Waals surface area (Å²) in [5.41, 5.74) is 0. The van der Waals surface area contributed by atoms with Crippen molar-refractivity contribution in [2.24, 2.45) is 0 Å². The van der Waals surface area contributed by atoms with Crippen molar-refractivity contribution in [3.63, 3.8) is 0 Å². The van der Waals surface area contributed by atoms with Crippen LogP contribution in [0, 0.1) is 0 Å². The van der Waals surface area contributed by atoms with Gasteiger partial charge in [0, 0.05) is 24.1 Å². The standard InChI is InChI=1S/C10H15NOS/c1-8-7-11-9(4-5-12-8)10-3-2-6-13-10/h2-3,6,8-9,11H,4-5,7H2,1H3. The van der Waals surface area contributed by atoms with E-state index in [9.17, 15) is 0 Å². The third kappa shape index (κ3) is 2.30. The molecule has 0 aliphatic carbocycles. The van der Waals surface area contributed by atoms with Crippen LogP contribution in [0.2, 0.25) is 0 Å². The number of hydrogen-bond donors (Lipinski definition) is 1. The Labute approximate surface area is 82.9 Å². The van der Waals surface area contributed by atoms with Crippen LogP contribution in [-0.2, 0) is 4.74 Å². The lowest BCUT2D eigenvalue weighted by Gasteiger charge is -2.12. The van der Waals surface area contributed by atoms with Gasteiger partial charge >= 0.3 is 0 Å². The largest absolute Gasteiger partial charge is 0.377 e. The van der Waals surface area contributed by atoms with Crippen LogP contribution in [-0.4, -0.2) is 19.3 Å². The van der Waals surface area contributed by atoms with E-state index in [0.29, 0.717) is 12.1 Å². The van der Waals surface area contributed by atoms with Crippen LogP contribution >= 0.6 is 11.3 Å². The van der Waals surface area contributed by atoms with Crippen molar-refractivity contribution in [2.45, 2.75) is 25.5 Å². The highest BCUT2D eigenvalue weighted by Crippen LogP contribution is 2.23. The van der Waals surface area contributed by atoms with Crippen molar-refractivity contribution in [3.8, 4) is 0 Å². The zero-order chi connectivity index (χ0) is 9.10. The van der Waals surface area contributed by atoms with E-state index in [4.69, 9.17) is 4.74 Å². The van der Waals surface area contributed by atoms with Crippen molar-refractivity contribution in [1.82, 2.24) is 5.32 Å². The molecule has 2 rings (SSSR count). The van der Waals surface area contributed by atoms with Gasteiger partial charge in [0.1, 0.15) is 0 Å². The van der Waals surface area contributed by atoms with Gasteiger partial charge in [-0.1, -0.05) is 6.07 Å². The first-order chi connectivity index (χ1) is 6.36. The second-order valence-electron chi connectivity index (χ2n) is 3.45. The number of thiophene rings is 1. The summed E-state index contributed by atoms with van der Waals surface area (Å²) < 4.78 is 5.57. The average molecular weight is 197 g/mol. The number of rotatable bonds is 1. The highest BCUT2D eigenvalue weighted by Gasteiger charge is 2.17. The fraction of sp³-hybridized carbons (Fsp3) is 0.600. The summed E-state index contributed by atoms with van der Waals surface area (Å²) in [7, 11) is 0. The average Bonchev–Trinajstić information content (AvgIpc) is 2.56. The van der Waals surface area contributed by atoms with E-state index in [1.165, 1.54) is 4.88 Å². The van der Waals surface area contributed by atoms with Gasteiger partial charge in [-0.05, 0) is 24.8 Å². The van der Waals surface area contributed by atoms with Crippen molar-refractivity contribution in [3.05, 3.63) is 22.4 Å².